The van der Waals surface area contributed by atoms with E-state index in [0.717, 1.165) is 21.3 Å². The average Bonchev–Trinajstić information content (AvgIpc) is 2.56. The molecule has 3 aromatic rings. The van der Waals surface area contributed by atoms with Crippen molar-refractivity contribution < 1.29 is 9.36 Å². The Morgan fingerprint density at radius 3 is 2.52 bits per heavy atom. The first-order valence-electron chi connectivity index (χ1n) is 7.31. The maximum absolute atomic E-state index is 12.2. The third-order valence-corrected chi connectivity index (χ3v) is 3.89. The standard InChI is InChI=1S/C19H15BrN2O/c20-17-9-4-10-18(12-17)21-19(23)14-22-11-5-8-16(13-22)15-6-2-1-3-7-15/h1-13H,14H2/p+1. The highest BCUT2D eigenvalue weighted by atomic mass is 79.9. The van der Waals surface area contributed by atoms with Gasteiger partial charge in [-0.15, -0.1) is 0 Å². The molecule has 0 aliphatic carbocycles. The van der Waals surface area contributed by atoms with E-state index in [1.54, 1.807) is 0 Å². The molecule has 4 heteroatoms. The van der Waals surface area contributed by atoms with E-state index in [-0.39, 0.29) is 12.5 Å². The largest absolute Gasteiger partial charge is 0.321 e. The monoisotopic (exact) mass is 367 g/mol. The molecule has 114 valence electrons. The molecule has 1 heterocycles. The van der Waals surface area contributed by atoms with Gasteiger partial charge in [0.25, 0.3) is 5.91 Å². The van der Waals surface area contributed by atoms with Gasteiger partial charge >= 0.3 is 0 Å². The number of halogens is 1. The zero-order chi connectivity index (χ0) is 16.1. The minimum absolute atomic E-state index is 0.0571. The summed E-state index contributed by atoms with van der Waals surface area (Å²) in [4.78, 5) is 12.2. The number of carbonyl (C=O) groups is 1. The fraction of sp³-hybridized carbons (Fsp3) is 0.0526. The van der Waals surface area contributed by atoms with Gasteiger partial charge in [0.15, 0.2) is 12.4 Å². The number of carbonyl (C=O) groups excluding carboxylic acids is 1. The molecule has 1 aromatic heterocycles. The Bertz CT molecular complexity index is 818. The second kappa shape index (κ2) is 7.20. The van der Waals surface area contributed by atoms with E-state index in [2.05, 4.69) is 33.4 Å². The molecule has 3 nitrogen and oxygen atoms in total. The summed E-state index contributed by atoms with van der Waals surface area (Å²) in [7, 11) is 0. The van der Waals surface area contributed by atoms with Crippen molar-refractivity contribution in [3.8, 4) is 11.1 Å². The first kappa shape index (κ1) is 15.4. The van der Waals surface area contributed by atoms with Crippen molar-refractivity contribution in [2.24, 2.45) is 0 Å². The lowest BCUT2D eigenvalue weighted by molar-refractivity contribution is -0.683. The van der Waals surface area contributed by atoms with Crippen molar-refractivity contribution in [1.29, 1.82) is 0 Å². The van der Waals surface area contributed by atoms with Gasteiger partial charge in [0, 0.05) is 21.8 Å². The number of hydrogen-bond donors (Lipinski definition) is 1. The number of rotatable bonds is 4. The summed E-state index contributed by atoms with van der Waals surface area (Å²) >= 11 is 3.40. The molecule has 1 N–H and O–H groups in total. The number of hydrogen-bond acceptors (Lipinski definition) is 1. The van der Waals surface area contributed by atoms with E-state index in [1.807, 2.05) is 71.6 Å². The quantitative estimate of drug-likeness (QED) is 0.693. The number of nitrogens with zero attached hydrogens (tertiary/aromatic N) is 1. The van der Waals surface area contributed by atoms with Crippen LogP contribution in [0, 0.1) is 0 Å². The van der Waals surface area contributed by atoms with E-state index in [4.69, 9.17) is 0 Å². The van der Waals surface area contributed by atoms with Gasteiger partial charge in [-0.3, -0.25) is 4.79 Å². The number of amides is 1. The maximum atomic E-state index is 12.2. The molecule has 0 aliphatic rings. The predicted molar refractivity (Wildman–Crippen MR) is 94.8 cm³/mol. The SMILES string of the molecule is O=C(C[n+]1cccc(-c2ccccc2)c1)Nc1cccc(Br)c1. The summed E-state index contributed by atoms with van der Waals surface area (Å²) in [6.45, 7) is 0.271. The highest BCUT2D eigenvalue weighted by Crippen LogP contribution is 2.17. The molecule has 1 amide bonds. The van der Waals surface area contributed by atoms with E-state index in [9.17, 15) is 4.79 Å². The second-order valence-electron chi connectivity index (χ2n) is 5.19. The summed E-state index contributed by atoms with van der Waals surface area (Å²) < 4.78 is 2.82. The normalized spacial score (nSPS) is 10.3. The van der Waals surface area contributed by atoms with E-state index >= 15 is 0 Å². The Balaban J connectivity index is 1.72. The van der Waals surface area contributed by atoms with E-state index in [1.165, 1.54) is 0 Å². The van der Waals surface area contributed by atoms with Gasteiger partial charge in [0.2, 0.25) is 6.54 Å². The Labute approximate surface area is 143 Å². The minimum atomic E-state index is -0.0571. The molecule has 0 saturated carbocycles. The highest BCUT2D eigenvalue weighted by molar-refractivity contribution is 9.10. The molecular formula is C19H16BrN2O+. The van der Waals surface area contributed by atoms with Crippen molar-refractivity contribution in [3.05, 3.63) is 83.6 Å². The van der Waals surface area contributed by atoms with Crippen LogP contribution >= 0.6 is 15.9 Å². The van der Waals surface area contributed by atoms with Crippen LogP contribution in [0.2, 0.25) is 0 Å². The van der Waals surface area contributed by atoms with Gasteiger partial charge in [0.05, 0.1) is 0 Å². The lowest BCUT2D eigenvalue weighted by atomic mass is 10.1. The van der Waals surface area contributed by atoms with Crippen LogP contribution in [0.3, 0.4) is 0 Å². The molecule has 0 atom stereocenters. The third kappa shape index (κ3) is 4.27. The van der Waals surface area contributed by atoms with Crippen molar-refractivity contribution in [3.63, 3.8) is 0 Å². The molecule has 0 radical (unpaired) electrons. The van der Waals surface area contributed by atoms with Crippen molar-refractivity contribution in [2.75, 3.05) is 5.32 Å². The molecule has 0 spiro atoms. The summed E-state index contributed by atoms with van der Waals surface area (Å²) in [6, 6.07) is 21.7. The van der Waals surface area contributed by atoms with Crippen molar-refractivity contribution >= 4 is 27.5 Å². The third-order valence-electron chi connectivity index (χ3n) is 3.40. The first-order chi connectivity index (χ1) is 11.2. The van der Waals surface area contributed by atoms with Crippen molar-refractivity contribution in [1.82, 2.24) is 0 Å². The number of aromatic nitrogens is 1. The van der Waals surface area contributed by atoms with E-state index in [0.29, 0.717) is 0 Å². The molecule has 0 saturated heterocycles. The number of pyridine rings is 1. The summed E-state index contributed by atoms with van der Waals surface area (Å²) in [5, 5.41) is 2.90. The van der Waals surface area contributed by atoms with Crippen LogP contribution in [0.5, 0.6) is 0 Å². The summed E-state index contributed by atoms with van der Waals surface area (Å²) in [5.74, 6) is -0.0571. The van der Waals surface area contributed by atoms with Crippen LogP contribution in [0.1, 0.15) is 0 Å². The fourth-order valence-electron chi connectivity index (χ4n) is 2.35. The molecular weight excluding hydrogens is 352 g/mol. The van der Waals surface area contributed by atoms with Gasteiger partial charge in [-0.1, -0.05) is 52.3 Å². The van der Waals surface area contributed by atoms with Crippen LogP contribution in [-0.2, 0) is 11.3 Å². The van der Waals surface area contributed by atoms with E-state index < -0.39 is 0 Å². The van der Waals surface area contributed by atoms with Crippen LogP contribution in [-0.4, -0.2) is 5.91 Å². The fourth-order valence-corrected chi connectivity index (χ4v) is 2.75. The van der Waals surface area contributed by atoms with Gasteiger partial charge in [-0.2, -0.15) is 4.57 Å². The zero-order valence-corrected chi connectivity index (χ0v) is 14.0. The second-order valence-corrected chi connectivity index (χ2v) is 6.11. The molecule has 0 fully saturated rings. The number of anilines is 1. The smallest absolute Gasteiger partial charge is 0.290 e. The average molecular weight is 368 g/mol. The van der Waals surface area contributed by atoms with Gasteiger partial charge in [-0.25, -0.2) is 0 Å². The molecule has 23 heavy (non-hydrogen) atoms. The van der Waals surface area contributed by atoms with Crippen LogP contribution in [0.25, 0.3) is 11.1 Å². The number of nitrogens with one attached hydrogen (secondary N) is 1. The van der Waals surface area contributed by atoms with Gasteiger partial charge in [0.1, 0.15) is 0 Å². The molecule has 0 aliphatic heterocycles. The molecule has 3 rings (SSSR count). The van der Waals surface area contributed by atoms with Crippen molar-refractivity contribution in [2.45, 2.75) is 6.54 Å². The molecule has 0 unspecified atom stereocenters. The lowest BCUT2D eigenvalue weighted by Gasteiger charge is -2.04. The maximum Gasteiger partial charge on any atom is 0.290 e. The first-order valence-corrected chi connectivity index (χ1v) is 8.10. The Kier molecular flexibility index (Phi) is 4.83. The Morgan fingerprint density at radius 1 is 0.957 bits per heavy atom. The summed E-state index contributed by atoms with van der Waals surface area (Å²) in [6.07, 6.45) is 3.88. The summed E-state index contributed by atoms with van der Waals surface area (Å²) in [5.41, 5.74) is 3.00. The Morgan fingerprint density at radius 2 is 1.74 bits per heavy atom. The zero-order valence-electron chi connectivity index (χ0n) is 12.4. The van der Waals surface area contributed by atoms with Gasteiger partial charge < -0.3 is 5.32 Å². The number of benzene rings is 2. The topological polar surface area (TPSA) is 33.0 Å². The lowest BCUT2D eigenvalue weighted by Crippen LogP contribution is -2.39. The van der Waals surface area contributed by atoms with Crippen LogP contribution in [0.4, 0.5) is 5.69 Å². The molecule has 2 aromatic carbocycles. The van der Waals surface area contributed by atoms with Gasteiger partial charge in [-0.05, 0) is 29.8 Å². The minimum Gasteiger partial charge on any atom is -0.321 e. The van der Waals surface area contributed by atoms with Crippen LogP contribution in [0.15, 0.2) is 83.6 Å². The Hall–Kier alpha value is -2.46. The predicted octanol–water partition coefficient (Wildman–Crippen LogP) is 4.04. The highest BCUT2D eigenvalue weighted by Gasteiger charge is 2.11. The van der Waals surface area contributed by atoms with Crippen LogP contribution < -0.4 is 9.88 Å². The molecule has 0 bridgehead atoms.